The summed E-state index contributed by atoms with van der Waals surface area (Å²) in [5.74, 6) is 0.282. The molecule has 1 aliphatic heterocycles. The Hall–Kier alpha value is -3.06. The van der Waals surface area contributed by atoms with Gasteiger partial charge in [-0.25, -0.2) is 0 Å². The van der Waals surface area contributed by atoms with Gasteiger partial charge in [0.1, 0.15) is 17.9 Å². The van der Waals surface area contributed by atoms with Gasteiger partial charge in [-0.15, -0.1) is 0 Å². The van der Waals surface area contributed by atoms with E-state index in [1.54, 1.807) is 17.0 Å². The van der Waals surface area contributed by atoms with Crippen molar-refractivity contribution < 1.29 is 19.1 Å². The van der Waals surface area contributed by atoms with E-state index >= 15 is 0 Å². The molecule has 1 aromatic carbocycles. The van der Waals surface area contributed by atoms with Gasteiger partial charge in [0.2, 0.25) is 11.8 Å². The second-order valence-corrected chi connectivity index (χ2v) is 7.05. The molecule has 3 aromatic rings. The number of aliphatic hydroxyl groups is 1. The number of hydrogen-bond donors (Lipinski definition) is 3. The van der Waals surface area contributed by atoms with Crippen LogP contribution in [0.4, 0.5) is 0 Å². The second-order valence-electron chi connectivity index (χ2n) is 7.05. The Morgan fingerprint density at radius 1 is 1.32 bits per heavy atom. The number of carbonyl (C=O) groups is 2. The predicted molar refractivity (Wildman–Crippen MR) is 103 cm³/mol. The first-order valence-electron chi connectivity index (χ1n) is 9.47. The molecule has 1 aliphatic rings. The zero-order valence-electron chi connectivity index (χ0n) is 15.4. The molecule has 2 amide bonds. The van der Waals surface area contributed by atoms with E-state index in [0.29, 0.717) is 38.1 Å². The molecule has 0 spiro atoms. The van der Waals surface area contributed by atoms with Crippen molar-refractivity contribution in [1.82, 2.24) is 15.2 Å². The van der Waals surface area contributed by atoms with Crippen molar-refractivity contribution in [3.63, 3.8) is 0 Å². The Morgan fingerprint density at radius 2 is 2.18 bits per heavy atom. The Labute approximate surface area is 162 Å². The maximum atomic E-state index is 12.6. The monoisotopic (exact) mass is 381 g/mol. The summed E-state index contributed by atoms with van der Waals surface area (Å²) < 4.78 is 5.16. The van der Waals surface area contributed by atoms with Crippen LogP contribution in [0.2, 0.25) is 0 Å². The van der Waals surface area contributed by atoms with Crippen molar-refractivity contribution in [1.29, 1.82) is 0 Å². The number of carbonyl (C=O) groups excluding carboxylic acids is 2. The van der Waals surface area contributed by atoms with Gasteiger partial charge in [0.05, 0.1) is 6.26 Å². The fraction of sp³-hybridized carbons (Fsp3) is 0.333. The molecule has 2 unspecified atom stereocenters. The van der Waals surface area contributed by atoms with E-state index in [9.17, 15) is 14.7 Å². The molecule has 2 aromatic heterocycles. The molecule has 3 N–H and O–H groups in total. The normalized spacial score (nSPS) is 18.0. The van der Waals surface area contributed by atoms with Gasteiger partial charge in [-0.3, -0.25) is 9.59 Å². The van der Waals surface area contributed by atoms with Crippen LogP contribution in [0.3, 0.4) is 0 Å². The first kappa shape index (κ1) is 18.3. The fourth-order valence-electron chi connectivity index (χ4n) is 3.72. The van der Waals surface area contributed by atoms with Gasteiger partial charge < -0.3 is 24.7 Å². The number of H-pyrrole nitrogens is 1. The smallest absolute Gasteiger partial charge is 0.242 e. The van der Waals surface area contributed by atoms with Crippen molar-refractivity contribution in [2.75, 3.05) is 6.54 Å². The van der Waals surface area contributed by atoms with E-state index in [4.69, 9.17) is 4.42 Å². The number of rotatable bonds is 7. The third-order valence-corrected chi connectivity index (χ3v) is 5.24. The lowest BCUT2D eigenvalue weighted by Crippen LogP contribution is -2.44. The molecule has 7 heteroatoms. The number of likely N-dealkylation sites (tertiary alicyclic amines) is 1. The summed E-state index contributed by atoms with van der Waals surface area (Å²) in [4.78, 5) is 29.9. The highest BCUT2D eigenvalue weighted by Crippen LogP contribution is 2.25. The van der Waals surface area contributed by atoms with Crippen LogP contribution in [-0.2, 0) is 16.1 Å². The van der Waals surface area contributed by atoms with E-state index < -0.39 is 12.1 Å². The maximum Gasteiger partial charge on any atom is 0.242 e. The van der Waals surface area contributed by atoms with Crippen LogP contribution < -0.4 is 5.32 Å². The summed E-state index contributed by atoms with van der Waals surface area (Å²) in [6.07, 6.45) is 3.86. The minimum Gasteiger partial charge on any atom is -0.467 e. The lowest BCUT2D eigenvalue weighted by Gasteiger charge is -2.24. The molecular weight excluding hydrogens is 358 g/mol. The summed E-state index contributed by atoms with van der Waals surface area (Å²) in [6.45, 7) is 0.711. The summed E-state index contributed by atoms with van der Waals surface area (Å²) in [7, 11) is 0. The number of amides is 2. The molecule has 0 saturated carbocycles. The molecule has 146 valence electrons. The molecule has 3 heterocycles. The Morgan fingerprint density at radius 3 is 3.00 bits per heavy atom. The Bertz CT molecular complexity index is 963. The van der Waals surface area contributed by atoms with Gasteiger partial charge in [0.25, 0.3) is 0 Å². The van der Waals surface area contributed by atoms with Gasteiger partial charge in [-0.2, -0.15) is 0 Å². The predicted octanol–water partition coefficient (Wildman–Crippen LogP) is 2.49. The minimum atomic E-state index is -0.761. The zero-order chi connectivity index (χ0) is 19.5. The Balaban J connectivity index is 1.37. The highest BCUT2D eigenvalue weighted by Gasteiger charge is 2.36. The van der Waals surface area contributed by atoms with E-state index in [1.807, 2.05) is 30.5 Å². The average molecular weight is 381 g/mol. The molecule has 0 bridgehead atoms. The number of aromatic nitrogens is 1. The van der Waals surface area contributed by atoms with E-state index in [2.05, 4.69) is 10.3 Å². The van der Waals surface area contributed by atoms with Crippen LogP contribution in [0.15, 0.2) is 53.3 Å². The standard InChI is InChI=1S/C21H23N3O4/c25-18(19-6-3-11-28-19)9-10-22-21(27)17-7-8-20(26)24(17)13-14-12-23-16-5-2-1-4-15(14)16/h1-6,11-12,17-18,23,25H,7-10,13H2,(H,22,27). The third-order valence-electron chi connectivity index (χ3n) is 5.24. The summed E-state index contributed by atoms with van der Waals surface area (Å²) >= 11 is 0. The van der Waals surface area contributed by atoms with Crippen molar-refractivity contribution >= 4 is 22.7 Å². The quantitative estimate of drug-likeness (QED) is 0.586. The molecule has 1 fully saturated rings. The van der Waals surface area contributed by atoms with Crippen molar-refractivity contribution in [3.8, 4) is 0 Å². The molecule has 7 nitrogen and oxygen atoms in total. The van der Waals surface area contributed by atoms with Crippen LogP contribution in [-0.4, -0.2) is 39.4 Å². The topological polar surface area (TPSA) is 98.6 Å². The number of fused-ring (bicyclic) bond motifs is 1. The maximum absolute atomic E-state index is 12.6. The van der Waals surface area contributed by atoms with Gasteiger partial charge >= 0.3 is 0 Å². The van der Waals surface area contributed by atoms with Crippen molar-refractivity contribution in [2.24, 2.45) is 0 Å². The van der Waals surface area contributed by atoms with Gasteiger partial charge in [0, 0.05) is 36.6 Å². The summed E-state index contributed by atoms with van der Waals surface area (Å²) in [6, 6.07) is 10.8. The van der Waals surface area contributed by atoms with Crippen molar-refractivity contribution in [2.45, 2.75) is 38.0 Å². The highest BCUT2D eigenvalue weighted by atomic mass is 16.4. The summed E-state index contributed by atoms with van der Waals surface area (Å²) in [5, 5.41) is 13.9. The van der Waals surface area contributed by atoms with Crippen molar-refractivity contribution in [3.05, 3.63) is 60.2 Å². The van der Waals surface area contributed by atoms with Gasteiger partial charge in [-0.05, 0) is 36.6 Å². The largest absolute Gasteiger partial charge is 0.467 e. The number of furan rings is 1. The molecule has 4 rings (SSSR count). The number of para-hydroxylation sites is 1. The third kappa shape index (κ3) is 3.66. The molecule has 0 radical (unpaired) electrons. The lowest BCUT2D eigenvalue weighted by atomic mass is 10.1. The van der Waals surface area contributed by atoms with Crippen LogP contribution in [0.25, 0.3) is 10.9 Å². The Kier molecular flexibility index (Phi) is 5.16. The first-order valence-corrected chi connectivity index (χ1v) is 9.47. The molecule has 1 saturated heterocycles. The second kappa shape index (κ2) is 7.90. The van der Waals surface area contributed by atoms with Crippen LogP contribution in [0.5, 0.6) is 0 Å². The minimum absolute atomic E-state index is 0.0129. The van der Waals surface area contributed by atoms with E-state index in [0.717, 1.165) is 16.5 Å². The van der Waals surface area contributed by atoms with Crippen LogP contribution >= 0.6 is 0 Å². The molecule has 2 atom stereocenters. The van der Waals surface area contributed by atoms with Gasteiger partial charge in [0.15, 0.2) is 0 Å². The number of benzene rings is 1. The highest BCUT2D eigenvalue weighted by molar-refractivity contribution is 5.91. The molecule has 28 heavy (non-hydrogen) atoms. The SMILES string of the molecule is O=C(NCCC(O)c1ccco1)C1CCC(=O)N1Cc1c[nH]c2ccccc12. The number of hydrogen-bond acceptors (Lipinski definition) is 4. The number of nitrogens with one attached hydrogen (secondary N) is 2. The van der Waals surface area contributed by atoms with Gasteiger partial charge in [-0.1, -0.05) is 18.2 Å². The lowest BCUT2D eigenvalue weighted by molar-refractivity contribution is -0.135. The average Bonchev–Trinajstić information content (AvgIpc) is 3.44. The van der Waals surface area contributed by atoms with E-state index in [-0.39, 0.29) is 11.8 Å². The van der Waals surface area contributed by atoms with Crippen LogP contribution in [0.1, 0.15) is 36.7 Å². The first-order chi connectivity index (χ1) is 13.6. The zero-order valence-corrected chi connectivity index (χ0v) is 15.4. The number of aliphatic hydroxyl groups excluding tert-OH is 1. The molecular formula is C21H23N3O4. The molecule has 0 aliphatic carbocycles. The number of aromatic amines is 1. The van der Waals surface area contributed by atoms with Crippen LogP contribution in [0, 0.1) is 0 Å². The van der Waals surface area contributed by atoms with E-state index in [1.165, 1.54) is 6.26 Å². The summed E-state index contributed by atoms with van der Waals surface area (Å²) in [5.41, 5.74) is 2.01. The fourth-order valence-corrected chi connectivity index (χ4v) is 3.72. The number of nitrogens with zero attached hydrogens (tertiary/aromatic N) is 1.